The van der Waals surface area contributed by atoms with Crippen LogP contribution >= 0.6 is 0 Å². The van der Waals surface area contributed by atoms with Crippen molar-refractivity contribution < 1.29 is 10.0 Å². The number of aromatic nitrogens is 2. The first kappa shape index (κ1) is 9.66. The Balaban J connectivity index is 2.85. The van der Waals surface area contributed by atoms with E-state index >= 15 is 0 Å². The fourth-order valence-electron chi connectivity index (χ4n) is 0.873. The molecule has 1 aromatic rings. The number of nitro groups is 1. The second kappa shape index (κ2) is 3.53. The van der Waals surface area contributed by atoms with Gasteiger partial charge in [-0.2, -0.15) is 4.68 Å². The molecule has 0 bridgehead atoms. The summed E-state index contributed by atoms with van der Waals surface area (Å²) in [4.78, 5) is 9.71. The number of aliphatic hydroxyl groups is 1. The van der Waals surface area contributed by atoms with Gasteiger partial charge in [0, 0.05) is 0 Å². The summed E-state index contributed by atoms with van der Waals surface area (Å²) in [5, 5.41) is 23.2. The highest BCUT2D eigenvalue weighted by Gasteiger charge is 2.18. The summed E-state index contributed by atoms with van der Waals surface area (Å²) in [6, 6.07) is 1.05. The zero-order valence-corrected chi connectivity index (χ0v) is 7.41. The van der Waals surface area contributed by atoms with E-state index in [0.717, 1.165) is 0 Å². The summed E-state index contributed by atoms with van der Waals surface area (Å²) in [6.07, 6.45) is 0.898. The van der Waals surface area contributed by atoms with Crippen LogP contribution < -0.4 is 0 Å². The molecule has 1 aromatic heterocycles. The van der Waals surface area contributed by atoms with Gasteiger partial charge in [-0.1, -0.05) is 0 Å². The molecule has 1 heterocycles. The highest BCUT2D eigenvalue weighted by molar-refractivity contribution is 5.14. The minimum Gasteiger partial charge on any atom is -0.391 e. The average molecular weight is 185 g/mol. The predicted molar refractivity (Wildman–Crippen MR) is 45.3 cm³/mol. The van der Waals surface area contributed by atoms with Gasteiger partial charge in [0.05, 0.1) is 29.5 Å². The molecular formula is C7H11N3O3. The van der Waals surface area contributed by atoms with Crippen molar-refractivity contribution in [3.05, 3.63) is 22.4 Å². The van der Waals surface area contributed by atoms with Gasteiger partial charge in [0.2, 0.25) is 0 Å². The lowest BCUT2D eigenvalue weighted by Gasteiger charge is -2.10. The number of hydrogen-bond acceptors (Lipinski definition) is 4. The van der Waals surface area contributed by atoms with Gasteiger partial charge in [0.15, 0.2) is 0 Å². The molecule has 6 heteroatoms. The van der Waals surface area contributed by atoms with Crippen LogP contribution in [0.4, 0.5) is 5.82 Å². The number of rotatable bonds is 3. The van der Waals surface area contributed by atoms with Gasteiger partial charge >= 0.3 is 5.82 Å². The first-order chi connectivity index (χ1) is 6.02. The van der Waals surface area contributed by atoms with Gasteiger partial charge < -0.3 is 15.2 Å². The molecule has 2 atom stereocenters. The zero-order valence-electron chi connectivity index (χ0n) is 7.41. The lowest BCUT2D eigenvalue weighted by molar-refractivity contribution is -0.389. The van der Waals surface area contributed by atoms with Crippen LogP contribution in [-0.2, 0) is 0 Å². The molecule has 0 aliphatic rings. The Morgan fingerprint density at radius 3 is 2.69 bits per heavy atom. The fourth-order valence-corrected chi connectivity index (χ4v) is 0.873. The first-order valence-electron chi connectivity index (χ1n) is 3.90. The summed E-state index contributed by atoms with van der Waals surface area (Å²) in [5.41, 5.74) is 0. The third-order valence-corrected chi connectivity index (χ3v) is 1.90. The fraction of sp³-hybridized carbons (Fsp3) is 0.571. The quantitative estimate of drug-likeness (QED) is 0.556. The highest BCUT2D eigenvalue weighted by atomic mass is 16.6. The zero-order chi connectivity index (χ0) is 10.0. The molecular weight excluding hydrogens is 174 g/mol. The number of hydrogen-bond donors (Lipinski definition) is 1. The minimum atomic E-state index is -0.584. The van der Waals surface area contributed by atoms with E-state index in [4.69, 9.17) is 0 Å². The third-order valence-electron chi connectivity index (χ3n) is 1.90. The van der Waals surface area contributed by atoms with E-state index in [9.17, 15) is 15.2 Å². The van der Waals surface area contributed by atoms with Crippen LogP contribution in [-0.4, -0.2) is 25.9 Å². The Bertz CT molecular complexity index is 308. The summed E-state index contributed by atoms with van der Waals surface area (Å²) in [6.45, 7) is 3.35. The molecule has 0 radical (unpaired) electrons. The molecule has 2 unspecified atom stereocenters. The van der Waals surface area contributed by atoms with E-state index < -0.39 is 11.0 Å². The van der Waals surface area contributed by atoms with Crippen molar-refractivity contribution >= 4 is 5.82 Å². The molecule has 0 amide bonds. The van der Waals surface area contributed by atoms with Gasteiger partial charge in [-0.3, -0.25) is 0 Å². The van der Waals surface area contributed by atoms with Gasteiger partial charge in [-0.05, 0) is 18.8 Å². The lowest BCUT2D eigenvalue weighted by Crippen LogP contribution is -2.18. The number of aliphatic hydroxyl groups excluding tert-OH is 1. The van der Waals surface area contributed by atoms with Crippen LogP contribution in [0.3, 0.4) is 0 Å². The van der Waals surface area contributed by atoms with E-state index in [2.05, 4.69) is 5.10 Å². The van der Waals surface area contributed by atoms with E-state index in [1.165, 1.54) is 16.9 Å². The Hall–Kier alpha value is -1.43. The molecule has 1 rings (SSSR count). The second-order valence-electron chi connectivity index (χ2n) is 2.89. The smallest absolute Gasteiger partial charge is 0.389 e. The SMILES string of the molecule is CC(O)C(C)n1ccc([N+](=O)[O-])n1. The molecule has 0 saturated carbocycles. The maximum atomic E-state index is 10.3. The Morgan fingerprint density at radius 2 is 2.31 bits per heavy atom. The third kappa shape index (κ3) is 2.03. The maximum Gasteiger partial charge on any atom is 0.389 e. The van der Waals surface area contributed by atoms with E-state index in [0.29, 0.717) is 0 Å². The van der Waals surface area contributed by atoms with Crippen LogP contribution in [0.2, 0.25) is 0 Å². The van der Waals surface area contributed by atoms with E-state index in [1.807, 2.05) is 0 Å². The molecule has 0 aromatic carbocycles. The van der Waals surface area contributed by atoms with Crippen molar-refractivity contribution in [2.45, 2.75) is 26.0 Å². The maximum absolute atomic E-state index is 10.3. The standard InChI is InChI=1S/C7H11N3O3/c1-5(6(2)11)9-4-3-7(8-9)10(12)13/h3-6,11H,1-2H3. The van der Waals surface area contributed by atoms with E-state index in [1.54, 1.807) is 13.8 Å². The summed E-state index contributed by atoms with van der Waals surface area (Å²) in [7, 11) is 0. The van der Waals surface area contributed by atoms with Crippen LogP contribution in [0.15, 0.2) is 12.3 Å². The van der Waals surface area contributed by atoms with Crippen LogP contribution in [0.25, 0.3) is 0 Å². The molecule has 0 spiro atoms. The highest BCUT2D eigenvalue weighted by Crippen LogP contribution is 2.13. The van der Waals surface area contributed by atoms with Gasteiger partial charge in [0.25, 0.3) is 0 Å². The van der Waals surface area contributed by atoms with Gasteiger partial charge in [0.1, 0.15) is 0 Å². The topological polar surface area (TPSA) is 81.2 Å². The molecule has 13 heavy (non-hydrogen) atoms. The Labute approximate surface area is 74.9 Å². The van der Waals surface area contributed by atoms with Crippen molar-refractivity contribution in [3.8, 4) is 0 Å². The molecule has 0 fully saturated rings. The monoisotopic (exact) mass is 185 g/mol. The van der Waals surface area contributed by atoms with Crippen molar-refractivity contribution in [2.24, 2.45) is 0 Å². The Kier molecular flexibility index (Phi) is 2.62. The normalized spacial score (nSPS) is 15.3. The summed E-state index contributed by atoms with van der Waals surface area (Å²) >= 11 is 0. The Morgan fingerprint density at radius 1 is 1.69 bits per heavy atom. The first-order valence-corrected chi connectivity index (χ1v) is 3.90. The molecule has 0 aliphatic carbocycles. The molecule has 72 valence electrons. The van der Waals surface area contributed by atoms with Gasteiger partial charge in [-0.25, -0.2) is 0 Å². The minimum absolute atomic E-state index is 0.201. The largest absolute Gasteiger partial charge is 0.391 e. The molecule has 1 N–H and O–H groups in total. The van der Waals surface area contributed by atoms with E-state index in [-0.39, 0.29) is 11.9 Å². The van der Waals surface area contributed by atoms with Crippen LogP contribution in [0.1, 0.15) is 19.9 Å². The molecule has 0 aliphatic heterocycles. The summed E-state index contributed by atoms with van der Waals surface area (Å²) < 4.78 is 1.38. The van der Waals surface area contributed by atoms with Crippen molar-refractivity contribution in [1.29, 1.82) is 0 Å². The van der Waals surface area contributed by atoms with Crippen LogP contribution in [0, 0.1) is 10.1 Å². The van der Waals surface area contributed by atoms with Crippen molar-refractivity contribution in [2.75, 3.05) is 0 Å². The van der Waals surface area contributed by atoms with Gasteiger partial charge in [-0.15, -0.1) is 0 Å². The van der Waals surface area contributed by atoms with Crippen molar-refractivity contribution in [3.63, 3.8) is 0 Å². The molecule has 6 nitrogen and oxygen atoms in total. The molecule has 0 saturated heterocycles. The predicted octanol–water partition coefficient (Wildman–Crippen LogP) is 0.733. The average Bonchev–Trinajstić information content (AvgIpc) is 2.50. The van der Waals surface area contributed by atoms with Crippen molar-refractivity contribution in [1.82, 2.24) is 9.78 Å². The number of nitrogens with zero attached hydrogens (tertiary/aromatic N) is 3. The van der Waals surface area contributed by atoms with Crippen LogP contribution in [0.5, 0.6) is 0 Å². The lowest BCUT2D eigenvalue weighted by atomic mass is 10.2. The second-order valence-corrected chi connectivity index (χ2v) is 2.89. The summed E-state index contributed by atoms with van der Waals surface area (Å²) in [5.74, 6) is -0.201.